The van der Waals surface area contributed by atoms with Crippen LogP contribution in [0.5, 0.6) is 5.75 Å². The SMILES string of the molecule is Cc1ccc(OC(=O)N2CCC[C@H](NS(C)(=O)=O)CC2)c(-c2c(F)cccc2F)c1. The molecule has 0 unspecified atom stereocenters. The van der Waals surface area contributed by atoms with Crippen molar-refractivity contribution in [1.29, 1.82) is 0 Å². The number of hydrogen-bond donors (Lipinski definition) is 1. The number of amides is 1. The number of sulfonamides is 1. The minimum atomic E-state index is -3.33. The van der Waals surface area contributed by atoms with E-state index in [1.165, 1.54) is 17.0 Å². The van der Waals surface area contributed by atoms with Crippen LogP contribution in [-0.4, -0.2) is 44.8 Å². The molecule has 0 radical (unpaired) electrons. The lowest BCUT2D eigenvalue weighted by Crippen LogP contribution is -2.37. The lowest BCUT2D eigenvalue weighted by Gasteiger charge is -2.21. The number of nitrogens with one attached hydrogen (secondary N) is 1. The maximum Gasteiger partial charge on any atom is 0.415 e. The Morgan fingerprint density at radius 3 is 2.50 bits per heavy atom. The van der Waals surface area contributed by atoms with Crippen LogP contribution in [0.15, 0.2) is 36.4 Å². The predicted molar refractivity (Wildman–Crippen MR) is 110 cm³/mol. The summed E-state index contributed by atoms with van der Waals surface area (Å²) in [4.78, 5) is 14.2. The first kappa shape index (κ1) is 22.2. The van der Waals surface area contributed by atoms with E-state index in [4.69, 9.17) is 4.74 Å². The van der Waals surface area contributed by atoms with E-state index in [1.54, 1.807) is 19.1 Å². The summed E-state index contributed by atoms with van der Waals surface area (Å²) in [5.74, 6) is -1.44. The molecule has 1 aliphatic rings. The standard InChI is InChI=1S/C21H24F2N2O4S/c1-14-8-9-19(16(13-14)20-17(22)6-3-7-18(20)23)29-21(26)25-11-4-5-15(10-12-25)24-30(2,27)28/h3,6-9,13,15,24H,4-5,10-12H2,1-2H3/t15-/m0/s1. The highest BCUT2D eigenvalue weighted by Crippen LogP contribution is 2.35. The summed E-state index contributed by atoms with van der Waals surface area (Å²) in [6.45, 7) is 2.48. The number of carbonyl (C=O) groups excluding carboxylic acids is 1. The Hall–Kier alpha value is -2.52. The number of ether oxygens (including phenoxy) is 1. The third-order valence-electron chi connectivity index (χ3n) is 4.93. The monoisotopic (exact) mass is 438 g/mol. The van der Waals surface area contributed by atoms with Gasteiger partial charge in [-0.2, -0.15) is 0 Å². The van der Waals surface area contributed by atoms with Crippen molar-refractivity contribution in [2.45, 2.75) is 32.2 Å². The van der Waals surface area contributed by atoms with Gasteiger partial charge in [-0.15, -0.1) is 0 Å². The van der Waals surface area contributed by atoms with Crippen molar-refractivity contribution < 1.29 is 26.7 Å². The summed E-state index contributed by atoms with van der Waals surface area (Å²) in [6, 6.07) is 8.10. The maximum atomic E-state index is 14.3. The number of benzene rings is 2. The lowest BCUT2D eigenvalue weighted by molar-refractivity contribution is 0.154. The number of likely N-dealkylation sites (tertiary alicyclic amines) is 1. The minimum absolute atomic E-state index is 0.0599. The van der Waals surface area contributed by atoms with Gasteiger partial charge in [-0.1, -0.05) is 17.7 Å². The second kappa shape index (κ2) is 9.09. The molecule has 1 N–H and O–H groups in total. The Morgan fingerprint density at radius 2 is 1.83 bits per heavy atom. The predicted octanol–water partition coefficient (Wildman–Crippen LogP) is 3.84. The van der Waals surface area contributed by atoms with E-state index >= 15 is 0 Å². The Morgan fingerprint density at radius 1 is 1.13 bits per heavy atom. The highest BCUT2D eigenvalue weighted by molar-refractivity contribution is 7.88. The van der Waals surface area contributed by atoms with Crippen LogP contribution in [-0.2, 0) is 10.0 Å². The van der Waals surface area contributed by atoms with E-state index in [1.807, 2.05) is 0 Å². The van der Waals surface area contributed by atoms with Crippen molar-refractivity contribution in [2.24, 2.45) is 0 Å². The van der Waals surface area contributed by atoms with Gasteiger partial charge in [-0.3, -0.25) is 0 Å². The molecule has 1 amide bonds. The van der Waals surface area contributed by atoms with Crippen molar-refractivity contribution in [3.05, 3.63) is 53.6 Å². The van der Waals surface area contributed by atoms with Gasteiger partial charge in [0.15, 0.2) is 0 Å². The molecular formula is C21H24F2N2O4S. The zero-order valence-corrected chi connectivity index (χ0v) is 17.6. The van der Waals surface area contributed by atoms with E-state index in [9.17, 15) is 22.0 Å². The fourth-order valence-corrected chi connectivity index (χ4v) is 4.38. The quantitative estimate of drug-likeness (QED) is 0.787. The van der Waals surface area contributed by atoms with Crippen molar-refractivity contribution in [3.8, 4) is 16.9 Å². The molecule has 1 heterocycles. The molecule has 162 valence electrons. The average molecular weight is 438 g/mol. The topological polar surface area (TPSA) is 75.7 Å². The molecule has 0 aliphatic carbocycles. The van der Waals surface area contributed by atoms with Gasteiger partial charge in [0.1, 0.15) is 17.4 Å². The fraction of sp³-hybridized carbons (Fsp3) is 0.381. The Kier molecular flexibility index (Phi) is 6.72. The third kappa shape index (κ3) is 5.54. The zero-order chi connectivity index (χ0) is 21.9. The van der Waals surface area contributed by atoms with Gasteiger partial charge in [-0.25, -0.2) is 26.7 Å². The highest BCUT2D eigenvalue weighted by Gasteiger charge is 2.25. The van der Waals surface area contributed by atoms with Gasteiger partial charge in [0.2, 0.25) is 10.0 Å². The first-order chi connectivity index (χ1) is 14.1. The first-order valence-electron chi connectivity index (χ1n) is 9.63. The summed E-state index contributed by atoms with van der Waals surface area (Å²) in [6.07, 6.45) is 2.12. The van der Waals surface area contributed by atoms with Gasteiger partial charge in [0, 0.05) is 24.7 Å². The lowest BCUT2D eigenvalue weighted by atomic mass is 10.0. The average Bonchev–Trinajstić information content (AvgIpc) is 2.88. The molecule has 30 heavy (non-hydrogen) atoms. The Labute approximate surface area is 174 Å². The number of halogens is 2. The molecular weight excluding hydrogens is 414 g/mol. The van der Waals surface area contributed by atoms with Crippen molar-refractivity contribution in [1.82, 2.24) is 9.62 Å². The normalized spacial score (nSPS) is 17.5. The maximum absolute atomic E-state index is 14.3. The molecule has 2 aromatic carbocycles. The molecule has 1 saturated heterocycles. The van der Waals surface area contributed by atoms with E-state index in [2.05, 4.69) is 4.72 Å². The van der Waals surface area contributed by atoms with Crippen LogP contribution in [0.3, 0.4) is 0 Å². The molecule has 1 aliphatic heterocycles. The van der Waals surface area contributed by atoms with Gasteiger partial charge in [0.25, 0.3) is 0 Å². The molecule has 6 nitrogen and oxygen atoms in total. The van der Waals surface area contributed by atoms with Crippen LogP contribution in [0.25, 0.3) is 11.1 Å². The highest BCUT2D eigenvalue weighted by atomic mass is 32.2. The summed E-state index contributed by atoms with van der Waals surface area (Å²) < 4.78 is 59.6. The fourth-order valence-electron chi connectivity index (χ4n) is 3.54. The van der Waals surface area contributed by atoms with Crippen LogP contribution in [0.2, 0.25) is 0 Å². The molecule has 1 fully saturated rings. The second-order valence-corrected chi connectivity index (χ2v) is 9.25. The van der Waals surface area contributed by atoms with Crippen LogP contribution in [0.1, 0.15) is 24.8 Å². The van der Waals surface area contributed by atoms with Crippen LogP contribution < -0.4 is 9.46 Å². The summed E-state index contributed by atoms with van der Waals surface area (Å²) >= 11 is 0. The number of aryl methyl sites for hydroxylation is 1. The van der Waals surface area contributed by atoms with Crippen molar-refractivity contribution >= 4 is 16.1 Å². The van der Waals surface area contributed by atoms with Crippen molar-refractivity contribution in [3.63, 3.8) is 0 Å². The smallest absolute Gasteiger partial charge is 0.410 e. The number of hydrogen-bond acceptors (Lipinski definition) is 4. The van der Waals surface area contributed by atoms with Crippen LogP contribution in [0, 0.1) is 18.6 Å². The summed E-state index contributed by atoms with van der Waals surface area (Å²) in [5.41, 5.74) is 0.666. The summed E-state index contributed by atoms with van der Waals surface area (Å²) in [5, 5.41) is 0. The number of carbonyl (C=O) groups is 1. The molecule has 0 saturated carbocycles. The molecule has 0 spiro atoms. The van der Waals surface area contributed by atoms with E-state index < -0.39 is 27.8 Å². The molecule has 9 heteroatoms. The van der Waals surface area contributed by atoms with Crippen molar-refractivity contribution in [2.75, 3.05) is 19.3 Å². The van der Waals surface area contributed by atoms with E-state index in [-0.39, 0.29) is 22.9 Å². The Bertz CT molecular complexity index is 1020. The van der Waals surface area contributed by atoms with Gasteiger partial charge in [0.05, 0.1) is 11.8 Å². The first-order valence-corrected chi connectivity index (χ1v) is 11.5. The molecule has 0 aromatic heterocycles. The van der Waals surface area contributed by atoms with Gasteiger partial charge >= 0.3 is 6.09 Å². The second-order valence-electron chi connectivity index (χ2n) is 7.47. The van der Waals surface area contributed by atoms with Crippen LogP contribution >= 0.6 is 0 Å². The van der Waals surface area contributed by atoms with Gasteiger partial charge in [-0.05, 0) is 50.5 Å². The Balaban J connectivity index is 1.79. The van der Waals surface area contributed by atoms with Gasteiger partial charge < -0.3 is 9.64 Å². The number of rotatable bonds is 4. The zero-order valence-electron chi connectivity index (χ0n) is 16.8. The summed E-state index contributed by atoms with van der Waals surface area (Å²) in [7, 11) is -3.33. The third-order valence-corrected chi connectivity index (χ3v) is 5.69. The van der Waals surface area contributed by atoms with E-state index in [0.29, 0.717) is 32.4 Å². The minimum Gasteiger partial charge on any atom is -0.410 e. The van der Waals surface area contributed by atoms with E-state index in [0.717, 1.165) is 24.0 Å². The number of nitrogens with zero attached hydrogens (tertiary/aromatic N) is 1. The van der Waals surface area contributed by atoms with Crippen LogP contribution in [0.4, 0.5) is 13.6 Å². The molecule has 3 rings (SSSR count). The molecule has 0 bridgehead atoms. The largest absolute Gasteiger partial charge is 0.415 e. The molecule has 1 atom stereocenters. The molecule has 2 aromatic rings.